The molecular formula is C68H72N6O6S2. The van der Waals surface area contributed by atoms with Crippen molar-refractivity contribution >= 4 is 46.7 Å². The van der Waals surface area contributed by atoms with Gasteiger partial charge in [0, 0.05) is 159 Å². The first-order valence-corrected chi connectivity index (χ1v) is 30.6. The lowest BCUT2D eigenvalue weighted by molar-refractivity contribution is 0.0915. The summed E-state index contributed by atoms with van der Waals surface area (Å²) in [5.74, 6) is 3.49. The zero-order valence-electron chi connectivity index (χ0n) is 46.9. The molecule has 0 aliphatic carbocycles. The van der Waals surface area contributed by atoms with Crippen LogP contribution in [-0.4, -0.2) is 151 Å². The Morgan fingerprint density at radius 3 is 0.878 bits per heavy atom. The van der Waals surface area contributed by atoms with Gasteiger partial charge >= 0.3 is 0 Å². The summed E-state index contributed by atoms with van der Waals surface area (Å²) in [5.41, 5.74) is 6.85. The van der Waals surface area contributed by atoms with Crippen molar-refractivity contribution in [3.05, 3.63) is 203 Å². The highest BCUT2D eigenvalue weighted by molar-refractivity contribution is 8.00. The van der Waals surface area contributed by atoms with Gasteiger partial charge in [-0.05, 0) is 96.4 Å². The van der Waals surface area contributed by atoms with Gasteiger partial charge in [0.25, 0.3) is 0 Å². The summed E-state index contributed by atoms with van der Waals surface area (Å²) in [7, 11) is 0. The second-order valence-corrected chi connectivity index (χ2v) is 24.1. The smallest absolute Gasteiger partial charge is 0.164 e. The molecule has 0 aromatic heterocycles. The molecule has 12 rings (SSSR count). The predicted octanol–water partition coefficient (Wildman–Crippen LogP) is 12.3. The fourth-order valence-electron chi connectivity index (χ4n) is 11.2. The number of piperazine rings is 3. The molecule has 0 radical (unpaired) electrons. The number of carbonyl (C=O) groups is 4. The molecule has 7 aromatic rings. The zero-order valence-corrected chi connectivity index (χ0v) is 48.5. The van der Waals surface area contributed by atoms with Crippen LogP contribution in [0.1, 0.15) is 84.3 Å². The molecule has 82 heavy (non-hydrogen) atoms. The van der Waals surface area contributed by atoms with E-state index in [1.165, 1.54) is 16.7 Å². The lowest BCUT2D eigenvalue weighted by Crippen LogP contribution is -2.46. The van der Waals surface area contributed by atoms with Crippen LogP contribution in [0.2, 0.25) is 0 Å². The fraction of sp³-hybridized carbons (Fsp3) is 0.324. The summed E-state index contributed by atoms with van der Waals surface area (Å²) >= 11 is 3.13. The van der Waals surface area contributed by atoms with Gasteiger partial charge in [0.05, 0.1) is 19.6 Å². The van der Waals surface area contributed by atoms with Crippen molar-refractivity contribution in [1.82, 2.24) is 29.4 Å². The number of carbonyl (C=O) groups excluding carboxylic acids is 4. The van der Waals surface area contributed by atoms with E-state index in [0.717, 1.165) is 160 Å². The molecule has 0 unspecified atom stereocenters. The lowest BCUT2D eigenvalue weighted by Gasteiger charge is -2.34. The standard InChI is InChI=1S/C40H44N4O3S.C28H28N2O3S/c45-35(15-17-41-19-23-43(24-20-41)29-31-7-3-1-4-8-31)33-11-13-37-39(27-33)48-40-28-34(12-14-38(40)47-37)36(46)16-18-42-21-25-44(26-22-42)30-32-9-5-2-6-10-32;1-20(31)22-7-9-25-27(17-22)34-28-18-23(8-10-26(28)33-25)24(32)11-12-29-13-15-30(16-14-29)19-21-5-3-2-4-6-21/h1-14,27-28H,15-26,29-30H2;2-10,17-18H,11-16,19H2,1H3. The average Bonchev–Trinajstić information content (AvgIpc) is 3.66. The van der Waals surface area contributed by atoms with Crippen LogP contribution in [0.25, 0.3) is 0 Å². The largest absolute Gasteiger partial charge is 0.455 e. The summed E-state index contributed by atoms with van der Waals surface area (Å²) in [4.78, 5) is 69.4. The van der Waals surface area contributed by atoms with Crippen molar-refractivity contribution in [2.75, 3.05) is 98.2 Å². The van der Waals surface area contributed by atoms with E-state index in [1.54, 1.807) is 36.5 Å². The Morgan fingerprint density at radius 2 is 0.598 bits per heavy atom. The van der Waals surface area contributed by atoms with E-state index in [1.807, 2.05) is 66.7 Å². The maximum Gasteiger partial charge on any atom is 0.164 e. The first-order chi connectivity index (χ1) is 40.1. The zero-order chi connectivity index (χ0) is 56.2. The molecule has 0 saturated carbocycles. The first-order valence-electron chi connectivity index (χ1n) is 28.9. The van der Waals surface area contributed by atoms with Gasteiger partial charge in [-0.1, -0.05) is 115 Å². The number of rotatable bonds is 19. The van der Waals surface area contributed by atoms with Crippen molar-refractivity contribution in [2.45, 2.75) is 65.4 Å². The maximum absolute atomic E-state index is 13.2. The van der Waals surface area contributed by atoms with Gasteiger partial charge in [0.2, 0.25) is 0 Å². The minimum Gasteiger partial charge on any atom is -0.455 e. The maximum atomic E-state index is 13.2. The predicted molar refractivity (Wildman–Crippen MR) is 325 cm³/mol. The van der Waals surface area contributed by atoms with Crippen LogP contribution in [0.5, 0.6) is 23.0 Å². The van der Waals surface area contributed by atoms with Crippen molar-refractivity contribution in [2.24, 2.45) is 0 Å². The van der Waals surface area contributed by atoms with E-state index in [-0.39, 0.29) is 23.1 Å². The summed E-state index contributed by atoms with van der Waals surface area (Å²) in [5, 5.41) is 0. The molecule has 5 aliphatic rings. The summed E-state index contributed by atoms with van der Waals surface area (Å²) in [6.45, 7) is 18.9. The van der Waals surface area contributed by atoms with Crippen LogP contribution >= 0.6 is 23.5 Å². The van der Waals surface area contributed by atoms with E-state index >= 15 is 0 Å². The number of Topliss-reactive ketones (excluding diaryl/α,β-unsaturated/α-hetero) is 4. The van der Waals surface area contributed by atoms with Gasteiger partial charge in [0.15, 0.2) is 23.1 Å². The average molecular weight is 1130 g/mol. The van der Waals surface area contributed by atoms with Gasteiger partial charge in [-0.3, -0.25) is 33.9 Å². The molecule has 0 bridgehead atoms. The molecule has 7 aromatic carbocycles. The highest BCUT2D eigenvalue weighted by Crippen LogP contribution is 2.49. The fourth-order valence-corrected chi connectivity index (χ4v) is 13.2. The number of ketones is 4. The van der Waals surface area contributed by atoms with Crippen molar-refractivity contribution < 1.29 is 28.7 Å². The Hall–Kier alpha value is -6.72. The van der Waals surface area contributed by atoms with Crippen LogP contribution in [0.15, 0.2) is 183 Å². The summed E-state index contributed by atoms with van der Waals surface area (Å²) in [6, 6.07) is 54.4. The SMILES string of the molecule is CC(=O)c1ccc2c(c1)Sc1cc(C(=O)CCN3CCN(Cc4ccccc4)CC3)ccc1O2.O=C(CCN1CCN(Cc2ccccc2)CC1)c1ccc2c(c1)Sc1cc(C(=O)CCN3CCN(Cc4ccccc4)CC3)ccc1O2. The van der Waals surface area contributed by atoms with Crippen LogP contribution in [0.4, 0.5) is 0 Å². The van der Waals surface area contributed by atoms with E-state index < -0.39 is 0 Å². The number of fused-ring (bicyclic) bond motifs is 4. The van der Waals surface area contributed by atoms with E-state index in [9.17, 15) is 19.2 Å². The van der Waals surface area contributed by atoms with Gasteiger partial charge in [-0.25, -0.2) is 0 Å². The number of hydrogen-bond acceptors (Lipinski definition) is 14. The Morgan fingerprint density at radius 1 is 0.341 bits per heavy atom. The van der Waals surface area contributed by atoms with Crippen molar-refractivity contribution in [3.8, 4) is 23.0 Å². The van der Waals surface area contributed by atoms with Crippen LogP contribution < -0.4 is 9.47 Å². The van der Waals surface area contributed by atoms with Crippen molar-refractivity contribution in [3.63, 3.8) is 0 Å². The molecule has 14 heteroatoms. The van der Waals surface area contributed by atoms with Gasteiger partial charge < -0.3 is 24.2 Å². The molecule has 0 N–H and O–H groups in total. The minimum absolute atomic E-state index is 0.0269. The van der Waals surface area contributed by atoms with E-state index in [2.05, 4.69) is 120 Å². The van der Waals surface area contributed by atoms with Gasteiger partial charge in [-0.15, -0.1) is 0 Å². The Kier molecular flexibility index (Phi) is 19.2. The van der Waals surface area contributed by atoms with Crippen LogP contribution in [-0.2, 0) is 19.6 Å². The normalized spacial score (nSPS) is 16.7. The van der Waals surface area contributed by atoms with Gasteiger partial charge in [-0.2, -0.15) is 0 Å². The Labute approximate surface area is 491 Å². The monoisotopic (exact) mass is 1130 g/mol. The number of nitrogens with zero attached hydrogens (tertiary/aromatic N) is 6. The van der Waals surface area contributed by atoms with Gasteiger partial charge in [0.1, 0.15) is 23.0 Å². The molecule has 5 heterocycles. The van der Waals surface area contributed by atoms with Crippen molar-refractivity contribution in [1.29, 1.82) is 0 Å². The summed E-state index contributed by atoms with van der Waals surface area (Å²) in [6.07, 6.45) is 1.51. The molecule has 3 saturated heterocycles. The number of hydrogen-bond donors (Lipinski definition) is 0. The molecule has 5 aliphatic heterocycles. The van der Waals surface area contributed by atoms with Crippen LogP contribution in [0, 0.1) is 0 Å². The molecule has 0 amide bonds. The van der Waals surface area contributed by atoms with Crippen LogP contribution in [0.3, 0.4) is 0 Å². The quantitative estimate of drug-likeness (QED) is 0.0717. The highest BCUT2D eigenvalue weighted by atomic mass is 32.2. The highest BCUT2D eigenvalue weighted by Gasteiger charge is 2.26. The molecule has 3 fully saturated rings. The third kappa shape index (κ3) is 15.3. The molecule has 12 nitrogen and oxygen atoms in total. The van der Waals surface area contributed by atoms with E-state index in [0.29, 0.717) is 41.5 Å². The minimum atomic E-state index is 0.0269. The molecule has 0 atom stereocenters. The molecular weight excluding hydrogens is 1060 g/mol. The second-order valence-electron chi connectivity index (χ2n) is 21.9. The molecule has 0 spiro atoms. The number of ether oxygens (including phenoxy) is 2. The third-order valence-corrected chi connectivity index (χ3v) is 18.3. The molecule has 422 valence electrons. The number of benzene rings is 7. The Bertz CT molecular complexity index is 3220. The first kappa shape index (κ1) is 57.1. The van der Waals surface area contributed by atoms with E-state index in [4.69, 9.17) is 9.47 Å². The summed E-state index contributed by atoms with van der Waals surface area (Å²) < 4.78 is 12.2. The third-order valence-electron chi connectivity index (χ3n) is 16.1. The topological polar surface area (TPSA) is 106 Å². The lowest BCUT2D eigenvalue weighted by atomic mass is 10.1. The Balaban J connectivity index is 0.000000182. The second kappa shape index (κ2) is 27.6.